The highest BCUT2D eigenvalue weighted by Crippen LogP contribution is 2.50. The average molecular weight is 282 g/mol. The number of methoxy groups -OCH3 is 4. The topological polar surface area (TPSA) is 87.4 Å². The quantitative estimate of drug-likeness (QED) is 0.909. The van der Waals surface area contributed by atoms with Crippen molar-refractivity contribution in [2.45, 2.75) is 0 Å². The Morgan fingerprint density at radius 2 is 1.40 bits per heavy atom. The van der Waals surface area contributed by atoms with E-state index in [-0.39, 0.29) is 34.0 Å². The van der Waals surface area contributed by atoms with Gasteiger partial charge in [-0.2, -0.15) is 0 Å². The normalized spacial score (nSPS) is 10.4. The Morgan fingerprint density at radius 1 is 0.900 bits per heavy atom. The van der Waals surface area contributed by atoms with Crippen LogP contribution >= 0.6 is 0 Å². The molecule has 0 aliphatic carbocycles. The van der Waals surface area contributed by atoms with E-state index in [0.717, 1.165) is 6.07 Å². The van der Waals surface area contributed by atoms with Crippen LogP contribution in [0.4, 0.5) is 0 Å². The molecule has 0 radical (unpaired) electrons. The van der Waals surface area contributed by atoms with E-state index < -0.39 is 11.4 Å². The zero-order valence-corrected chi connectivity index (χ0v) is 11.5. The van der Waals surface area contributed by atoms with Crippen LogP contribution in [0, 0.1) is 0 Å². The number of hydrogen-bond acceptors (Lipinski definition) is 7. The van der Waals surface area contributed by atoms with Crippen LogP contribution in [0.1, 0.15) is 0 Å². The fraction of sp³-hybridized carbons (Fsp3) is 0.308. The maximum atomic E-state index is 12.1. The van der Waals surface area contributed by atoms with E-state index in [1.54, 1.807) is 0 Å². The lowest BCUT2D eigenvalue weighted by Gasteiger charge is -2.17. The van der Waals surface area contributed by atoms with Crippen LogP contribution in [-0.2, 0) is 0 Å². The van der Waals surface area contributed by atoms with Gasteiger partial charge in [0.05, 0.1) is 34.5 Å². The highest BCUT2D eigenvalue weighted by molar-refractivity contribution is 5.94. The third-order valence-corrected chi connectivity index (χ3v) is 2.80. The second-order valence-electron chi connectivity index (χ2n) is 3.79. The number of fused-ring (bicyclic) bond motifs is 1. The molecule has 1 heterocycles. The number of benzene rings is 1. The van der Waals surface area contributed by atoms with Gasteiger partial charge in [-0.3, -0.25) is 4.79 Å². The molecule has 1 aromatic carbocycles. The third kappa shape index (κ3) is 1.87. The van der Waals surface area contributed by atoms with Crippen LogP contribution in [0.15, 0.2) is 15.3 Å². The molecular weight excluding hydrogens is 268 g/mol. The second-order valence-corrected chi connectivity index (χ2v) is 3.79. The highest BCUT2D eigenvalue weighted by atomic mass is 16.6. The molecule has 0 amide bonds. The summed E-state index contributed by atoms with van der Waals surface area (Å²) in [6.45, 7) is 0. The predicted octanol–water partition coefficient (Wildman–Crippen LogP) is 1.53. The van der Waals surface area contributed by atoms with Crippen molar-refractivity contribution in [3.8, 4) is 28.9 Å². The molecule has 1 N–H and O–H groups in total. The van der Waals surface area contributed by atoms with Gasteiger partial charge in [0.1, 0.15) is 5.39 Å². The van der Waals surface area contributed by atoms with E-state index in [1.165, 1.54) is 28.4 Å². The molecule has 0 aliphatic heterocycles. The van der Waals surface area contributed by atoms with Crippen LogP contribution in [0.3, 0.4) is 0 Å². The zero-order chi connectivity index (χ0) is 14.9. The average Bonchev–Trinajstić information content (AvgIpc) is 2.44. The van der Waals surface area contributed by atoms with Gasteiger partial charge in [0, 0.05) is 0 Å². The number of aromatic hydroxyl groups is 1. The van der Waals surface area contributed by atoms with Crippen LogP contribution in [0.2, 0.25) is 0 Å². The Morgan fingerprint density at radius 3 is 1.90 bits per heavy atom. The van der Waals surface area contributed by atoms with Crippen LogP contribution in [0.25, 0.3) is 11.0 Å². The fourth-order valence-electron chi connectivity index (χ4n) is 2.03. The summed E-state index contributed by atoms with van der Waals surface area (Å²) in [5.41, 5.74) is -0.466. The Balaban J connectivity index is 3.10. The molecule has 0 unspecified atom stereocenters. The summed E-state index contributed by atoms with van der Waals surface area (Å²) in [5, 5.41) is 9.55. The summed E-state index contributed by atoms with van der Waals surface area (Å²) < 4.78 is 26.0. The summed E-state index contributed by atoms with van der Waals surface area (Å²) in [5.74, 6) is 0.155. The lowest BCUT2D eigenvalue weighted by Crippen LogP contribution is -2.06. The van der Waals surface area contributed by atoms with Gasteiger partial charge in [-0.15, -0.1) is 0 Å². The van der Waals surface area contributed by atoms with Crippen molar-refractivity contribution in [3.05, 3.63) is 16.3 Å². The molecule has 0 saturated heterocycles. The molecule has 0 bridgehead atoms. The van der Waals surface area contributed by atoms with Crippen LogP contribution in [0.5, 0.6) is 28.9 Å². The third-order valence-electron chi connectivity index (χ3n) is 2.80. The Bertz CT molecular complexity index is 702. The Labute approximate surface area is 114 Å². The molecule has 0 atom stereocenters. The molecule has 0 aliphatic rings. The number of rotatable bonds is 4. The van der Waals surface area contributed by atoms with E-state index in [9.17, 15) is 9.90 Å². The van der Waals surface area contributed by atoms with E-state index in [4.69, 9.17) is 23.4 Å². The van der Waals surface area contributed by atoms with Gasteiger partial charge in [0.15, 0.2) is 11.3 Å². The van der Waals surface area contributed by atoms with Crippen molar-refractivity contribution in [1.29, 1.82) is 0 Å². The van der Waals surface area contributed by atoms with Crippen molar-refractivity contribution in [2.75, 3.05) is 28.4 Å². The second kappa shape index (κ2) is 5.20. The molecule has 20 heavy (non-hydrogen) atoms. The first-order valence-corrected chi connectivity index (χ1v) is 5.61. The molecule has 108 valence electrons. The molecule has 7 heteroatoms. The van der Waals surface area contributed by atoms with Gasteiger partial charge in [0.2, 0.25) is 22.7 Å². The van der Waals surface area contributed by atoms with Crippen molar-refractivity contribution in [3.63, 3.8) is 0 Å². The van der Waals surface area contributed by atoms with Crippen LogP contribution < -0.4 is 24.4 Å². The number of hydrogen-bond donors (Lipinski definition) is 1. The lowest BCUT2D eigenvalue weighted by atomic mass is 10.1. The van der Waals surface area contributed by atoms with Crippen molar-refractivity contribution < 1.29 is 28.5 Å². The SMILES string of the molecule is COc1c(OC)c(OC)c2c(=O)cc(O)oc2c1OC. The van der Waals surface area contributed by atoms with E-state index in [2.05, 4.69) is 0 Å². The zero-order valence-electron chi connectivity index (χ0n) is 11.5. The first kappa shape index (κ1) is 13.9. The maximum absolute atomic E-state index is 12.1. The number of ether oxygens (including phenoxy) is 4. The smallest absolute Gasteiger partial charge is 0.286 e. The molecule has 2 rings (SSSR count). The lowest BCUT2D eigenvalue weighted by molar-refractivity contribution is 0.299. The van der Waals surface area contributed by atoms with Crippen molar-refractivity contribution in [2.24, 2.45) is 0 Å². The minimum Gasteiger partial charge on any atom is -0.492 e. The van der Waals surface area contributed by atoms with Crippen LogP contribution in [-0.4, -0.2) is 33.5 Å². The summed E-state index contributed by atoms with van der Waals surface area (Å²) in [7, 11) is 5.59. The van der Waals surface area contributed by atoms with Gasteiger partial charge in [-0.25, -0.2) is 0 Å². The van der Waals surface area contributed by atoms with E-state index >= 15 is 0 Å². The first-order chi connectivity index (χ1) is 9.58. The summed E-state index contributed by atoms with van der Waals surface area (Å²) in [4.78, 5) is 12.1. The summed E-state index contributed by atoms with van der Waals surface area (Å²) in [6, 6.07) is 0.941. The van der Waals surface area contributed by atoms with Gasteiger partial charge < -0.3 is 28.5 Å². The largest absolute Gasteiger partial charge is 0.492 e. The maximum Gasteiger partial charge on any atom is 0.286 e. The van der Waals surface area contributed by atoms with Gasteiger partial charge in [-0.1, -0.05) is 0 Å². The van der Waals surface area contributed by atoms with Gasteiger partial charge >= 0.3 is 0 Å². The van der Waals surface area contributed by atoms with Gasteiger partial charge in [-0.05, 0) is 0 Å². The van der Waals surface area contributed by atoms with Gasteiger partial charge in [0.25, 0.3) is 5.95 Å². The van der Waals surface area contributed by atoms with Crippen molar-refractivity contribution in [1.82, 2.24) is 0 Å². The Kier molecular flexibility index (Phi) is 3.60. The molecular formula is C13H14O7. The molecule has 0 fully saturated rings. The molecule has 1 aromatic heterocycles. The molecule has 2 aromatic rings. The van der Waals surface area contributed by atoms with E-state index in [0.29, 0.717) is 0 Å². The fourth-order valence-corrected chi connectivity index (χ4v) is 2.03. The minimum atomic E-state index is -0.532. The molecule has 0 spiro atoms. The highest BCUT2D eigenvalue weighted by Gasteiger charge is 2.26. The predicted molar refractivity (Wildman–Crippen MR) is 70.4 cm³/mol. The molecule has 0 saturated carbocycles. The molecule has 7 nitrogen and oxygen atoms in total. The monoisotopic (exact) mass is 282 g/mol. The van der Waals surface area contributed by atoms with Crippen molar-refractivity contribution >= 4 is 11.0 Å². The first-order valence-electron chi connectivity index (χ1n) is 5.61. The van der Waals surface area contributed by atoms with E-state index in [1.807, 2.05) is 0 Å². The summed E-state index contributed by atoms with van der Waals surface area (Å²) in [6.07, 6.45) is 0. The Hall–Kier alpha value is -2.57. The summed E-state index contributed by atoms with van der Waals surface area (Å²) >= 11 is 0. The minimum absolute atomic E-state index is 0.0204. The standard InChI is InChI=1S/C13H14O7/c1-16-9-8-6(14)5-7(15)20-10(8)12(18-3)13(19-4)11(9)17-2/h5,15H,1-4H3.